The molecule has 2 aromatic heterocycles. The summed E-state index contributed by atoms with van der Waals surface area (Å²) in [5, 5.41) is 27.6. The van der Waals surface area contributed by atoms with Gasteiger partial charge in [-0.3, -0.25) is 10.1 Å². The number of aromatic nitrogens is 4. The van der Waals surface area contributed by atoms with Gasteiger partial charge in [-0.2, -0.15) is 10.3 Å². The Kier molecular flexibility index (Phi) is 3.56. The molecule has 0 radical (unpaired) electrons. The van der Waals surface area contributed by atoms with E-state index >= 15 is 0 Å². The van der Waals surface area contributed by atoms with Crippen LogP contribution in [-0.2, 0) is 0 Å². The summed E-state index contributed by atoms with van der Waals surface area (Å²) in [6, 6.07) is 9.58. The molecule has 10 heteroatoms. The van der Waals surface area contributed by atoms with Crippen LogP contribution in [0.25, 0.3) is 11.3 Å². The molecule has 2 N–H and O–H groups in total. The highest BCUT2D eigenvalue weighted by atomic mass is 16.6. The van der Waals surface area contributed by atoms with Crippen molar-refractivity contribution in [1.82, 2.24) is 20.6 Å². The summed E-state index contributed by atoms with van der Waals surface area (Å²) in [4.78, 5) is 10.3. The number of tetrazole rings is 1. The highest BCUT2D eigenvalue weighted by Gasteiger charge is 2.09. The van der Waals surface area contributed by atoms with Crippen molar-refractivity contribution < 1.29 is 9.34 Å². The van der Waals surface area contributed by atoms with E-state index in [1.165, 1.54) is 18.3 Å². The SMILES string of the molecule is O=[N+]([O-])c1cccc(-c2ccc(C=NNc3nn[nH]n3)o2)c1. The average Bonchev–Trinajstić information content (AvgIpc) is 3.19. The van der Waals surface area contributed by atoms with E-state index in [0.717, 1.165) is 0 Å². The smallest absolute Gasteiger partial charge is 0.283 e. The van der Waals surface area contributed by atoms with E-state index in [0.29, 0.717) is 17.1 Å². The lowest BCUT2D eigenvalue weighted by Crippen LogP contribution is -1.91. The lowest BCUT2D eigenvalue weighted by molar-refractivity contribution is -0.384. The Labute approximate surface area is 123 Å². The highest BCUT2D eigenvalue weighted by molar-refractivity contribution is 5.78. The number of hydrogen-bond donors (Lipinski definition) is 2. The maximum Gasteiger partial charge on any atom is 0.283 e. The molecule has 0 amide bonds. The monoisotopic (exact) mass is 299 g/mol. The van der Waals surface area contributed by atoms with Gasteiger partial charge < -0.3 is 4.42 Å². The van der Waals surface area contributed by atoms with Gasteiger partial charge in [0.05, 0.1) is 11.1 Å². The lowest BCUT2D eigenvalue weighted by Gasteiger charge is -1.96. The summed E-state index contributed by atoms with van der Waals surface area (Å²) in [6.07, 6.45) is 1.43. The molecule has 22 heavy (non-hydrogen) atoms. The molecule has 0 aliphatic carbocycles. The third-order valence-electron chi connectivity index (χ3n) is 2.67. The third kappa shape index (κ3) is 2.95. The van der Waals surface area contributed by atoms with Crippen molar-refractivity contribution in [3.63, 3.8) is 0 Å². The fraction of sp³-hybridized carbons (Fsp3) is 0. The van der Waals surface area contributed by atoms with Crippen molar-refractivity contribution in [2.75, 3.05) is 5.43 Å². The van der Waals surface area contributed by atoms with Gasteiger partial charge in [-0.1, -0.05) is 17.2 Å². The van der Waals surface area contributed by atoms with Gasteiger partial charge in [0.2, 0.25) is 0 Å². The molecule has 0 aliphatic rings. The first kappa shape index (κ1) is 13.4. The molecule has 0 spiro atoms. The number of aromatic amines is 1. The number of nitro groups is 1. The normalized spacial score (nSPS) is 10.9. The summed E-state index contributed by atoms with van der Waals surface area (Å²) in [5.41, 5.74) is 3.16. The van der Waals surface area contributed by atoms with Gasteiger partial charge in [0, 0.05) is 17.7 Å². The van der Waals surface area contributed by atoms with Crippen molar-refractivity contribution in [3.8, 4) is 11.3 Å². The van der Waals surface area contributed by atoms with Gasteiger partial charge in [0.1, 0.15) is 11.5 Å². The Morgan fingerprint density at radius 1 is 1.36 bits per heavy atom. The van der Waals surface area contributed by atoms with Crippen LogP contribution in [0.1, 0.15) is 5.76 Å². The van der Waals surface area contributed by atoms with Crippen LogP contribution in [0.3, 0.4) is 0 Å². The molecular formula is C12H9N7O3. The Bertz CT molecular complexity index is 810. The standard InChI is InChI=1S/C12H9N7O3/c20-19(21)9-3-1-2-8(6-9)11-5-4-10(22-11)7-13-14-12-15-17-18-16-12/h1-7H,(H2,14,15,16,17,18). The van der Waals surface area contributed by atoms with E-state index in [9.17, 15) is 10.1 Å². The van der Waals surface area contributed by atoms with Crippen molar-refractivity contribution in [1.29, 1.82) is 0 Å². The zero-order chi connectivity index (χ0) is 15.4. The zero-order valence-electron chi connectivity index (χ0n) is 11.0. The Morgan fingerprint density at radius 2 is 2.27 bits per heavy atom. The molecule has 1 aromatic carbocycles. The van der Waals surface area contributed by atoms with Crippen LogP contribution in [0, 0.1) is 10.1 Å². The molecule has 2 heterocycles. The number of nitrogens with zero attached hydrogens (tertiary/aromatic N) is 5. The molecule has 0 bridgehead atoms. The zero-order valence-corrected chi connectivity index (χ0v) is 11.0. The van der Waals surface area contributed by atoms with E-state index in [4.69, 9.17) is 4.42 Å². The summed E-state index contributed by atoms with van der Waals surface area (Å²) in [6.45, 7) is 0. The van der Waals surface area contributed by atoms with Crippen LogP contribution in [0.15, 0.2) is 45.9 Å². The van der Waals surface area contributed by atoms with Gasteiger partial charge in [-0.25, -0.2) is 5.43 Å². The molecular weight excluding hydrogens is 290 g/mol. The molecule has 0 unspecified atom stereocenters. The first-order valence-corrected chi connectivity index (χ1v) is 6.09. The van der Waals surface area contributed by atoms with E-state index in [1.54, 1.807) is 24.3 Å². The number of nitro benzene ring substituents is 1. The summed E-state index contributed by atoms with van der Waals surface area (Å²) >= 11 is 0. The number of nitrogens with one attached hydrogen (secondary N) is 2. The lowest BCUT2D eigenvalue weighted by atomic mass is 10.1. The maximum atomic E-state index is 10.8. The first-order valence-electron chi connectivity index (χ1n) is 6.09. The molecule has 0 atom stereocenters. The average molecular weight is 299 g/mol. The van der Waals surface area contributed by atoms with Gasteiger partial charge in [0.15, 0.2) is 0 Å². The quantitative estimate of drug-likeness (QED) is 0.416. The minimum Gasteiger partial charge on any atom is -0.455 e. The molecule has 110 valence electrons. The molecule has 3 aromatic rings. The molecule has 3 rings (SSSR count). The van der Waals surface area contributed by atoms with Crippen molar-refractivity contribution in [3.05, 3.63) is 52.3 Å². The molecule has 0 aliphatic heterocycles. The van der Waals surface area contributed by atoms with Crippen LogP contribution >= 0.6 is 0 Å². The van der Waals surface area contributed by atoms with Crippen LogP contribution in [0.2, 0.25) is 0 Å². The van der Waals surface area contributed by atoms with Crippen LogP contribution in [0.4, 0.5) is 11.6 Å². The molecule has 0 saturated carbocycles. The van der Waals surface area contributed by atoms with Crippen LogP contribution < -0.4 is 5.43 Å². The van der Waals surface area contributed by atoms with E-state index < -0.39 is 4.92 Å². The Hall–Kier alpha value is -3.56. The van der Waals surface area contributed by atoms with Crippen molar-refractivity contribution >= 4 is 17.9 Å². The number of anilines is 1. The van der Waals surface area contributed by atoms with Crippen molar-refractivity contribution in [2.45, 2.75) is 0 Å². The number of furan rings is 1. The Balaban J connectivity index is 1.74. The number of rotatable bonds is 5. The summed E-state index contributed by atoms with van der Waals surface area (Å²) in [7, 11) is 0. The number of hydrazone groups is 1. The third-order valence-corrected chi connectivity index (χ3v) is 2.67. The fourth-order valence-corrected chi connectivity index (χ4v) is 1.71. The van der Waals surface area contributed by atoms with E-state index in [2.05, 4.69) is 31.2 Å². The van der Waals surface area contributed by atoms with Crippen LogP contribution in [0.5, 0.6) is 0 Å². The minimum atomic E-state index is -0.455. The second-order valence-corrected chi connectivity index (χ2v) is 4.11. The molecule has 0 saturated heterocycles. The van der Waals surface area contributed by atoms with Gasteiger partial charge in [0.25, 0.3) is 11.6 Å². The first-order chi connectivity index (χ1) is 10.7. The number of H-pyrrole nitrogens is 1. The van der Waals surface area contributed by atoms with Gasteiger partial charge in [-0.05, 0) is 17.3 Å². The summed E-state index contributed by atoms with van der Waals surface area (Å²) in [5.74, 6) is 1.20. The fourth-order valence-electron chi connectivity index (χ4n) is 1.71. The predicted octanol–water partition coefficient (Wildman–Crippen LogP) is 1.81. The van der Waals surface area contributed by atoms with Crippen molar-refractivity contribution in [2.24, 2.45) is 5.10 Å². The van der Waals surface area contributed by atoms with Gasteiger partial charge >= 0.3 is 0 Å². The second kappa shape index (κ2) is 5.83. The Morgan fingerprint density at radius 3 is 3.05 bits per heavy atom. The second-order valence-electron chi connectivity index (χ2n) is 4.11. The molecule has 10 nitrogen and oxygen atoms in total. The van der Waals surface area contributed by atoms with E-state index in [-0.39, 0.29) is 11.6 Å². The largest absolute Gasteiger partial charge is 0.455 e. The van der Waals surface area contributed by atoms with Crippen LogP contribution in [-0.4, -0.2) is 31.8 Å². The number of hydrogen-bond acceptors (Lipinski definition) is 8. The number of non-ortho nitro benzene ring substituents is 1. The summed E-state index contributed by atoms with van der Waals surface area (Å²) < 4.78 is 5.55. The topological polar surface area (TPSA) is 135 Å². The highest BCUT2D eigenvalue weighted by Crippen LogP contribution is 2.25. The minimum absolute atomic E-state index is 0.00268. The number of benzene rings is 1. The molecule has 0 fully saturated rings. The van der Waals surface area contributed by atoms with Gasteiger partial charge in [-0.15, -0.1) is 5.10 Å². The predicted molar refractivity (Wildman–Crippen MR) is 76.2 cm³/mol. The van der Waals surface area contributed by atoms with E-state index in [1.807, 2.05) is 0 Å². The maximum absolute atomic E-state index is 10.8.